The lowest BCUT2D eigenvalue weighted by Gasteiger charge is -2.06. The quantitative estimate of drug-likeness (QED) is 0.735. The van der Waals surface area contributed by atoms with E-state index in [1.54, 1.807) is 10.9 Å². The maximum absolute atomic E-state index is 11.7. The lowest BCUT2D eigenvalue weighted by molar-refractivity contribution is 0.0946. The van der Waals surface area contributed by atoms with Crippen molar-refractivity contribution in [1.82, 2.24) is 25.6 Å². The van der Waals surface area contributed by atoms with Crippen LogP contribution >= 0.6 is 0 Å². The number of carbonyl (C=O) groups is 1. The highest BCUT2D eigenvalue weighted by molar-refractivity contribution is 5.92. The molecule has 1 atom stereocenters. The molecule has 1 amide bonds. The summed E-state index contributed by atoms with van der Waals surface area (Å²) in [5, 5.41) is 14.1. The van der Waals surface area contributed by atoms with E-state index in [1.807, 2.05) is 0 Å². The Balaban J connectivity index is 1.68. The van der Waals surface area contributed by atoms with Crippen molar-refractivity contribution in [2.24, 2.45) is 0 Å². The summed E-state index contributed by atoms with van der Waals surface area (Å²) in [4.78, 5) is 11.7. The maximum Gasteiger partial charge on any atom is 0.273 e. The van der Waals surface area contributed by atoms with Gasteiger partial charge in [-0.05, 0) is 25.8 Å². The molecule has 6 heteroatoms. The first kappa shape index (κ1) is 9.77. The summed E-state index contributed by atoms with van der Waals surface area (Å²) in [7, 11) is 0. The van der Waals surface area contributed by atoms with E-state index in [9.17, 15) is 4.79 Å². The van der Waals surface area contributed by atoms with Crippen molar-refractivity contribution < 1.29 is 4.79 Å². The molecule has 2 aliphatic rings. The van der Waals surface area contributed by atoms with E-state index in [-0.39, 0.29) is 5.91 Å². The Morgan fingerprint density at radius 3 is 3.06 bits per heavy atom. The number of amides is 1. The number of nitrogens with one attached hydrogen (secondary N) is 2. The van der Waals surface area contributed by atoms with E-state index in [0.29, 0.717) is 17.8 Å². The topological polar surface area (TPSA) is 71.8 Å². The number of nitrogens with zero attached hydrogens (tertiary/aromatic N) is 3. The molecule has 2 heterocycles. The highest BCUT2D eigenvalue weighted by Crippen LogP contribution is 2.19. The Hall–Kier alpha value is -1.43. The summed E-state index contributed by atoms with van der Waals surface area (Å²) < 4.78 is 1.79. The van der Waals surface area contributed by atoms with Crippen LogP contribution in [0.3, 0.4) is 0 Å². The minimum atomic E-state index is -0.0975. The van der Waals surface area contributed by atoms with Crippen LogP contribution in [0.2, 0.25) is 0 Å². The molecule has 0 unspecified atom stereocenters. The Labute approximate surface area is 93.4 Å². The molecule has 6 nitrogen and oxygen atoms in total. The van der Waals surface area contributed by atoms with Gasteiger partial charge in [-0.1, -0.05) is 5.21 Å². The van der Waals surface area contributed by atoms with Crippen LogP contribution in [0.15, 0.2) is 6.20 Å². The van der Waals surface area contributed by atoms with Crippen LogP contribution in [0.25, 0.3) is 0 Å². The van der Waals surface area contributed by atoms with Crippen molar-refractivity contribution in [1.29, 1.82) is 0 Å². The van der Waals surface area contributed by atoms with Gasteiger partial charge < -0.3 is 10.6 Å². The minimum absolute atomic E-state index is 0.0975. The van der Waals surface area contributed by atoms with Crippen molar-refractivity contribution in [3.05, 3.63) is 11.9 Å². The minimum Gasteiger partial charge on any atom is -0.348 e. The molecule has 2 N–H and O–H groups in total. The van der Waals surface area contributed by atoms with Crippen molar-refractivity contribution in [3.8, 4) is 0 Å². The highest BCUT2D eigenvalue weighted by atomic mass is 16.2. The number of hydrogen-bond acceptors (Lipinski definition) is 4. The third kappa shape index (κ3) is 1.92. The fraction of sp³-hybridized carbons (Fsp3) is 0.700. The first-order valence-corrected chi connectivity index (χ1v) is 5.76. The standard InChI is InChI=1S/C10H15N5O/c16-10(12-7-1-2-7)9-6-15(14-13-9)8-3-4-11-5-8/h6-8,11H,1-5H2,(H,12,16)/t8-/m0/s1. The fourth-order valence-electron chi connectivity index (χ4n) is 1.91. The van der Waals surface area contributed by atoms with Gasteiger partial charge in [0, 0.05) is 12.6 Å². The second kappa shape index (κ2) is 3.86. The van der Waals surface area contributed by atoms with Crippen LogP contribution in [0.5, 0.6) is 0 Å². The SMILES string of the molecule is O=C(NC1CC1)c1cn([C@H]2CCNC2)nn1. The molecule has 0 aromatic carbocycles. The molecule has 2 fully saturated rings. The van der Waals surface area contributed by atoms with Crippen molar-refractivity contribution in [2.45, 2.75) is 31.3 Å². The lowest BCUT2D eigenvalue weighted by Crippen LogP contribution is -2.25. The normalized spacial score (nSPS) is 24.6. The summed E-state index contributed by atoms with van der Waals surface area (Å²) in [6.07, 6.45) is 4.97. The van der Waals surface area contributed by atoms with Crippen molar-refractivity contribution >= 4 is 5.91 Å². The Morgan fingerprint density at radius 2 is 2.38 bits per heavy atom. The molecular formula is C10H15N5O. The van der Waals surface area contributed by atoms with Crippen LogP contribution in [0.4, 0.5) is 0 Å². The average molecular weight is 221 g/mol. The number of hydrogen-bond donors (Lipinski definition) is 2. The number of rotatable bonds is 3. The van der Waals surface area contributed by atoms with Crippen molar-refractivity contribution in [2.75, 3.05) is 13.1 Å². The third-order valence-electron chi connectivity index (χ3n) is 3.06. The van der Waals surface area contributed by atoms with Gasteiger partial charge in [-0.25, -0.2) is 4.68 Å². The molecule has 0 spiro atoms. The van der Waals surface area contributed by atoms with Gasteiger partial charge in [0.05, 0.1) is 12.2 Å². The zero-order chi connectivity index (χ0) is 11.0. The summed E-state index contributed by atoms with van der Waals surface area (Å²) in [6.45, 7) is 1.92. The first-order valence-electron chi connectivity index (χ1n) is 5.76. The van der Waals surface area contributed by atoms with Gasteiger partial charge in [0.2, 0.25) is 0 Å². The largest absolute Gasteiger partial charge is 0.348 e. The number of carbonyl (C=O) groups excluding carboxylic acids is 1. The van der Waals surface area contributed by atoms with E-state index in [1.165, 1.54) is 0 Å². The molecule has 1 aromatic heterocycles. The second-order valence-electron chi connectivity index (χ2n) is 4.48. The predicted octanol–water partition coefficient (Wildman–Crippen LogP) is -0.295. The smallest absolute Gasteiger partial charge is 0.273 e. The zero-order valence-corrected chi connectivity index (χ0v) is 9.02. The Bertz CT molecular complexity index is 392. The van der Waals surface area contributed by atoms with Gasteiger partial charge in [0.25, 0.3) is 5.91 Å². The molecule has 0 bridgehead atoms. The molecule has 1 aromatic rings. The molecule has 16 heavy (non-hydrogen) atoms. The molecule has 1 aliphatic heterocycles. The molecule has 86 valence electrons. The van der Waals surface area contributed by atoms with Crippen LogP contribution in [-0.2, 0) is 0 Å². The highest BCUT2D eigenvalue weighted by Gasteiger charge is 2.26. The number of aromatic nitrogens is 3. The van der Waals surface area contributed by atoms with E-state index in [2.05, 4.69) is 20.9 Å². The van der Waals surface area contributed by atoms with Crippen LogP contribution in [-0.4, -0.2) is 40.0 Å². The van der Waals surface area contributed by atoms with E-state index in [0.717, 1.165) is 32.4 Å². The Kier molecular flexibility index (Phi) is 2.36. The van der Waals surface area contributed by atoms with E-state index >= 15 is 0 Å². The lowest BCUT2D eigenvalue weighted by atomic mass is 10.3. The summed E-state index contributed by atoms with van der Waals surface area (Å²) in [6, 6.07) is 0.709. The molecule has 1 saturated carbocycles. The summed E-state index contributed by atoms with van der Waals surface area (Å²) in [5.41, 5.74) is 0.429. The fourth-order valence-corrected chi connectivity index (χ4v) is 1.91. The monoisotopic (exact) mass is 221 g/mol. The van der Waals surface area contributed by atoms with E-state index < -0.39 is 0 Å². The van der Waals surface area contributed by atoms with Gasteiger partial charge in [-0.3, -0.25) is 4.79 Å². The maximum atomic E-state index is 11.7. The van der Waals surface area contributed by atoms with Crippen LogP contribution < -0.4 is 10.6 Å². The molecule has 1 aliphatic carbocycles. The van der Waals surface area contributed by atoms with Crippen LogP contribution in [0.1, 0.15) is 35.8 Å². The summed E-state index contributed by atoms with van der Waals surface area (Å²) in [5.74, 6) is -0.0975. The molecule has 1 saturated heterocycles. The average Bonchev–Trinajstić information content (AvgIpc) is 2.84. The Morgan fingerprint density at radius 1 is 1.50 bits per heavy atom. The summed E-state index contributed by atoms with van der Waals surface area (Å²) >= 11 is 0. The van der Waals surface area contributed by atoms with Gasteiger partial charge >= 0.3 is 0 Å². The zero-order valence-electron chi connectivity index (χ0n) is 9.02. The van der Waals surface area contributed by atoms with Gasteiger partial charge in [0.15, 0.2) is 5.69 Å². The second-order valence-corrected chi connectivity index (χ2v) is 4.48. The first-order chi connectivity index (χ1) is 7.83. The van der Waals surface area contributed by atoms with E-state index in [4.69, 9.17) is 0 Å². The third-order valence-corrected chi connectivity index (χ3v) is 3.06. The van der Waals surface area contributed by atoms with Gasteiger partial charge in [-0.2, -0.15) is 0 Å². The van der Waals surface area contributed by atoms with Gasteiger partial charge in [0.1, 0.15) is 0 Å². The van der Waals surface area contributed by atoms with Crippen LogP contribution in [0, 0.1) is 0 Å². The van der Waals surface area contributed by atoms with Gasteiger partial charge in [-0.15, -0.1) is 5.10 Å². The van der Waals surface area contributed by atoms with Crippen molar-refractivity contribution in [3.63, 3.8) is 0 Å². The molecule has 0 radical (unpaired) electrons. The predicted molar refractivity (Wildman–Crippen MR) is 57.0 cm³/mol. The molecular weight excluding hydrogens is 206 g/mol. The molecule has 3 rings (SSSR count).